The number of hydrogen-bond donors (Lipinski definition) is 0. The summed E-state index contributed by atoms with van der Waals surface area (Å²) >= 11 is 0. The predicted molar refractivity (Wildman–Crippen MR) is 215 cm³/mol. The van der Waals surface area contributed by atoms with Gasteiger partial charge in [0.05, 0.1) is 0 Å². The lowest BCUT2D eigenvalue weighted by molar-refractivity contribution is 0.794. The molecule has 1 heteroatoms. The van der Waals surface area contributed by atoms with E-state index in [2.05, 4.69) is 211 Å². The van der Waals surface area contributed by atoms with Gasteiger partial charge in [-0.25, -0.2) is 0 Å². The molecule has 8 aromatic carbocycles. The minimum Gasteiger partial charge on any atom is -0.311 e. The maximum absolute atomic E-state index is 2.44. The Morgan fingerprint density at radius 1 is 0.333 bits per heavy atom. The molecule has 0 N–H and O–H groups in total. The smallest absolute Gasteiger partial charge is 0.0462 e. The fraction of sp³-hybridized carbons (Fsp3) is 0.0400. The Labute approximate surface area is 300 Å². The van der Waals surface area contributed by atoms with Crippen molar-refractivity contribution in [1.82, 2.24) is 0 Å². The molecule has 1 unspecified atom stereocenters. The minimum atomic E-state index is 0.343. The van der Waals surface area contributed by atoms with Crippen LogP contribution in [0.1, 0.15) is 22.6 Å². The lowest BCUT2D eigenvalue weighted by atomic mass is 9.75. The molecule has 1 nitrogen and oxygen atoms in total. The summed E-state index contributed by atoms with van der Waals surface area (Å²) < 4.78 is 0. The largest absolute Gasteiger partial charge is 0.311 e. The van der Waals surface area contributed by atoms with E-state index < -0.39 is 0 Å². The number of hydrogen-bond acceptors (Lipinski definition) is 1. The van der Waals surface area contributed by atoms with E-state index in [4.69, 9.17) is 0 Å². The molecule has 0 saturated carbocycles. The lowest BCUT2D eigenvalue weighted by Gasteiger charge is -2.29. The fourth-order valence-electron chi connectivity index (χ4n) is 7.79. The first-order valence-corrected chi connectivity index (χ1v) is 17.8. The van der Waals surface area contributed by atoms with Gasteiger partial charge in [-0.2, -0.15) is 0 Å². The van der Waals surface area contributed by atoms with E-state index in [1.807, 2.05) is 0 Å². The van der Waals surface area contributed by atoms with Crippen molar-refractivity contribution in [1.29, 1.82) is 0 Å². The quantitative estimate of drug-likeness (QED) is 0.166. The molecule has 1 aliphatic carbocycles. The molecular weight excluding hydrogens is 615 g/mol. The Hall–Kier alpha value is -6.44. The van der Waals surface area contributed by atoms with Gasteiger partial charge < -0.3 is 4.90 Å². The van der Waals surface area contributed by atoms with Crippen molar-refractivity contribution in [3.05, 3.63) is 223 Å². The topological polar surface area (TPSA) is 3.24 Å². The Kier molecular flexibility index (Phi) is 8.08. The Bertz CT molecular complexity index is 2410. The minimum absolute atomic E-state index is 0.343. The number of anilines is 3. The Morgan fingerprint density at radius 3 is 1.47 bits per heavy atom. The zero-order valence-electron chi connectivity index (χ0n) is 28.4. The number of nitrogens with zero attached hydrogens (tertiary/aromatic N) is 1. The molecule has 0 aromatic heterocycles. The number of para-hydroxylation sites is 1. The van der Waals surface area contributed by atoms with Crippen LogP contribution in [0.3, 0.4) is 0 Å². The van der Waals surface area contributed by atoms with E-state index in [1.165, 1.54) is 61.2 Å². The van der Waals surface area contributed by atoms with Gasteiger partial charge in [-0.05, 0) is 104 Å². The summed E-state index contributed by atoms with van der Waals surface area (Å²) in [5.74, 6) is 0.343. The first-order valence-electron chi connectivity index (χ1n) is 17.8. The van der Waals surface area contributed by atoms with Gasteiger partial charge in [0, 0.05) is 23.0 Å². The number of fused-ring (bicyclic) bond motifs is 3. The van der Waals surface area contributed by atoms with Crippen molar-refractivity contribution in [2.45, 2.75) is 12.3 Å². The zero-order valence-corrected chi connectivity index (χ0v) is 28.4. The van der Waals surface area contributed by atoms with Gasteiger partial charge in [-0.1, -0.05) is 170 Å². The van der Waals surface area contributed by atoms with Crippen molar-refractivity contribution in [3.63, 3.8) is 0 Å². The summed E-state index contributed by atoms with van der Waals surface area (Å²) in [7, 11) is 0. The number of benzene rings is 8. The van der Waals surface area contributed by atoms with E-state index in [-0.39, 0.29) is 0 Å². The third-order valence-corrected chi connectivity index (χ3v) is 10.3. The second-order valence-electron chi connectivity index (χ2n) is 13.3. The average molecular weight is 652 g/mol. The molecule has 0 heterocycles. The van der Waals surface area contributed by atoms with Crippen LogP contribution in [0.4, 0.5) is 17.1 Å². The lowest BCUT2D eigenvalue weighted by Crippen LogP contribution is -2.12. The van der Waals surface area contributed by atoms with Crippen molar-refractivity contribution in [3.8, 4) is 44.5 Å². The second kappa shape index (κ2) is 13.5. The van der Waals surface area contributed by atoms with Gasteiger partial charge in [0.25, 0.3) is 0 Å². The van der Waals surface area contributed by atoms with Crippen molar-refractivity contribution in [2.75, 3.05) is 4.90 Å². The van der Waals surface area contributed by atoms with Crippen LogP contribution in [-0.4, -0.2) is 0 Å². The Morgan fingerprint density at radius 2 is 0.804 bits per heavy atom. The second-order valence-corrected chi connectivity index (χ2v) is 13.3. The van der Waals surface area contributed by atoms with Gasteiger partial charge in [-0.15, -0.1) is 0 Å². The molecule has 9 rings (SSSR count). The van der Waals surface area contributed by atoms with E-state index in [9.17, 15) is 0 Å². The van der Waals surface area contributed by atoms with Crippen LogP contribution in [0.15, 0.2) is 206 Å². The summed E-state index contributed by atoms with van der Waals surface area (Å²) in [5, 5.41) is 0. The van der Waals surface area contributed by atoms with E-state index in [1.54, 1.807) is 0 Å². The van der Waals surface area contributed by atoms with Gasteiger partial charge in [0.15, 0.2) is 0 Å². The van der Waals surface area contributed by atoms with Gasteiger partial charge in [0.2, 0.25) is 0 Å². The predicted octanol–water partition coefficient (Wildman–Crippen LogP) is 13.5. The first-order chi connectivity index (χ1) is 25.3. The Balaban J connectivity index is 1.06. The van der Waals surface area contributed by atoms with Gasteiger partial charge >= 0.3 is 0 Å². The molecule has 0 aliphatic heterocycles. The highest BCUT2D eigenvalue weighted by Gasteiger charge is 2.26. The number of rotatable bonds is 7. The molecule has 0 radical (unpaired) electrons. The normalized spacial score (nSPS) is 13.2. The zero-order chi connectivity index (χ0) is 34.0. The van der Waals surface area contributed by atoms with Crippen molar-refractivity contribution < 1.29 is 0 Å². The highest BCUT2D eigenvalue weighted by Crippen LogP contribution is 2.45. The molecule has 1 atom stereocenters. The molecule has 0 spiro atoms. The molecule has 242 valence electrons. The van der Waals surface area contributed by atoms with E-state index >= 15 is 0 Å². The SMILES string of the molecule is c1ccc(-c2ccc(N(c3ccccc3)c3ccc(-c4ccccc4-c4ccc5c(c4)CC(c4ccccc4)c4ccccc4-5)cc3)cc2)cc1. The van der Waals surface area contributed by atoms with Crippen LogP contribution >= 0.6 is 0 Å². The van der Waals surface area contributed by atoms with E-state index in [0.717, 1.165) is 23.5 Å². The molecule has 51 heavy (non-hydrogen) atoms. The maximum Gasteiger partial charge on any atom is 0.0462 e. The molecular formula is C50H37N. The first kappa shape index (κ1) is 30.6. The summed E-state index contributed by atoms with van der Waals surface area (Å²) in [6, 6.07) is 74.9. The van der Waals surface area contributed by atoms with Gasteiger partial charge in [0.1, 0.15) is 0 Å². The van der Waals surface area contributed by atoms with Crippen LogP contribution < -0.4 is 4.90 Å². The van der Waals surface area contributed by atoms with Crippen molar-refractivity contribution in [2.24, 2.45) is 0 Å². The average Bonchev–Trinajstić information content (AvgIpc) is 3.22. The molecule has 0 bridgehead atoms. The summed E-state index contributed by atoms with van der Waals surface area (Å²) in [4.78, 5) is 2.33. The summed E-state index contributed by atoms with van der Waals surface area (Å²) in [6.07, 6.45) is 0.989. The highest BCUT2D eigenvalue weighted by atomic mass is 15.1. The highest BCUT2D eigenvalue weighted by molar-refractivity contribution is 5.87. The van der Waals surface area contributed by atoms with Crippen LogP contribution in [-0.2, 0) is 6.42 Å². The standard InChI is InChI=1S/C50H37N/c1-4-14-36(15-5-1)37-24-29-43(30-25-37)51(42-18-8-3-9-19-42)44-31-26-39(27-32-44)45-20-10-11-21-46(45)40-28-33-47-41(34-40)35-50(38-16-6-2-7-17-38)49-23-13-12-22-48(47)49/h1-34,50H,35H2. The third-order valence-electron chi connectivity index (χ3n) is 10.3. The molecule has 0 fully saturated rings. The summed E-state index contributed by atoms with van der Waals surface area (Å²) in [5.41, 5.74) is 17.6. The van der Waals surface area contributed by atoms with Crippen LogP contribution in [0.5, 0.6) is 0 Å². The van der Waals surface area contributed by atoms with Crippen LogP contribution in [0.25, 0.3) is 44.5 Å². The summed E-state index contributed by atoms with van der Waals surface area (Å²) in [6.45, 7) is 0. The van der Waals surface area contributed by atoms with Gasteiger partial charge in [-0.3, -0.25) is 0 Å². The maximum atomic E-state index is 2.44. The third kappa shape index (κ3) is 5.94. The van der Waals surface area contributed by atoms with Crippen LogP contribution in [0.2, 0.25) is 0 Å². The molecule has 0 saturated heterocycles. The monoisotopic (exact) mass is 651 g/mol. The molecule has 8 aromatic rings. The van der Waals surface area contributed by atoms with Crippen LogP contribution in [0, 0.1) is 0 Å². The fourth-order valence-corrected chi connectivity index (χ4v) is 7.79. The van der Waals surface area contributed by atoms with E-state index in [0.29, 0.717) is 5.92 Å². The van der Waals surface area contributed by atoms with Crippen molar-refractivity contribution >= 4 is 17.1 Å². The molecule has 1 aliphatic rings. The molecule has 0 amide bonds.